The third-order valence-corrected chi connectivity index (χ3v) is 2.83. The summed E-state index contributed by atoms with van der Waals surface area (Å²) in [5, 5.41) is 2.72. The highest BCUT2D eigenvalue weighted by Crippen LogP contribution is 2.22. The molecule has 4 nitrogen and oxygen atoms in total. The maximum atomic E-state index is 12.1. The Bertz CT molecular complexity index is 627. The number of hydrogen-bond acceptors (Lipinski definition) is 3. The van der Waals surface area contributed by atoms with Gasteiger partial charge in [-0.2, -0.15) is 0 Å². The topological polar surface area (TPSA) is 51.2 Å². The molecule has 0 unspecified atom stereocenters. The molecule has 1 amide bonds. The predicted molar refractivity (Wildman–Crippen MR) is 73.2 cm³/mol. The van der Waals surface area contributed by atoms with Gasteiger partial charge in [0.2, 0.25) is 0 Å². The molecule has 116 valence electrons. The molecule has 0 fully saturated rings. The Kier molecular flexibility index (Phi) is 4.65. The van der Waals surface area contributed by atoms with Crippen LogP contribution >= 0.6 is 0 Å². The van der Waals surface area contributed by atoms with E-state index >= 15 is 0 Å². The minimum Gasteiger partial charge on any atom is -0.406 e. The molecule has 2 aromatic rings. The number of halogens is 3. The van der Waals surface area contributed by atoms with Crippen molar-refractivity contribution < 1.29 is 22.7 Å². The molecule has 1 N–H and O–H groups in total. The first-order valence-electron chi connectivity index (χ1n) is 6.43. The number of carbonyl (C=O) groups is 1. The van der Waals surface area contributed by atoms with E-state index in [-0.39, 0.29) is 17.4 Å². The largest absolute Gasteiger partial charge is 0.573 e. The molecule has 0 bridgehead atoms. The van der Waals surface area contributed by atoms with E-state index in [0.29, 0.717) is 5.69 Å². The summed E-state index contributed by atoms with van der Waals surface area (Å²) in [7, 11) is 0. The third-order valence-electron chi connectivity index (χ3n) is 2.83. The van der Waals surface area contributed by atoms with Gasteiger partial charge < -0.3 is 10.1 Å². The normalized spacial score (nSPS) is 12.5. The zero-order valence-corrected chi connectivity index (χ0v) is 11.6. The summed E-state index contributed by atoms with van der Waals surface area (Å²) in [6.07, 6.45) is -3.14. The Morgan fingerprint density at radius 2 is 1.86 bits per heavy atom. The fourth-order valence-corrected chi connectivity index (χ4v) is 1.79. The molecule has 1 aromatic heterocycles. The van der Waals surface area contributed by atoms with Crippen LogP contribution in [0.25, 0.3) is 0 Å². The molecule has 7 heteroatoms. The molecule has 1 atom stereocenters. The first-order valence-corrected chi connectivity index (χ1v) is 6.43. The maximum absolute atomic E-state index is 12.1. The van der Waals surface area contributed by atoms with Crippen LogP contribution in [0.2, 0.25) is 0 Å². The summed E-state index contributed by atoms with van der Waals surface area (Å²) >= 11 is 0. The average Bonchev–Trinajstić information content (AvgIpc) is 2.47. The van der Waals surface area contributed by atoms with Gasteiger partial charge in [0, 0.05) is 11.8 Å². The van der Waals surface area contributed by atoms with Gasteiger partial charge in [-0.3, -0.25) is 9.78 Å². The van der Waals surface area contributed by atoms with E-state index in [1.54, 1.807) is 31.3 Å². The molecule has 0 aliphatic rings. The minimum atomic E-state index is -4.75. The van der Waals surface area contributed by atoms with Crippen LogP contribution in [0.3, 0.4) is 0 Å². The van der Waals surface area contributed by atoms with Gasteiger partial charge in [-0.1, -0.05) is 6.07 Å². The van der Waals surface area contributed by atoms with Crippen LogP contribution in [0.4, 0.5) is 13.2 Å². The van der Waals surface area contributed by atoms with Crippen molar-refractivity contribution in [2.75, 3.05) is 0 Å². The molecule has 1 aromatic carbocycles. The molecule has 0 saturated carbocycles. The molecule has 0 spiro atoms. The Balaban J connectivity index is 2.01. The highest BCUT2D eigenvalue weighted by Gasteiger charge is 2.31. The van der Waals surface area contributed by atoms with Gasteiger partial charge in [0.1, 0.15) is 5.75 Å². The summed E-state index contributed by atoms with van der Waals surface area (Å²) < 4.78 is 39.9. The second-order valence-electron chi connectivity index (χ2n) is 4.52. The molecule has 0 radical (unpaired) electrons. The Morgan fingerprint density at radius 1 is 1.18 bits per heavy atom. The number of rotatable bonds is 4. The number of benzene rings is 1. The fraction of sp³-hybridized carbons (Fsp3) is 0.200. The fourth-order valence-electron chi connectivity index (χ4n) is 1.79. The molecule has 22 heavy (non-hydrogen) atoms. The first-order chi connectivity index (χ1) is 10.3. The predicted octanol–water partition coefficient (Wildman–Crippen LogP) is 3.47. The zero-order valence-electron chi connectivity index (χ0n) is 11.6. The lowest BCUT2D eigenvalue weighted by Gasteiger charge is -2.13. The van der Waals surface area contributed by atoms with Crippen LogP contribution < -0.4 is 10.1 Å². The molecule has 0 aliphatic carbocycles. The number of pyridine rings is 1. The lowest BCUT2D eigenvalue weighted by molar-refractivity contribution is -0.274. The van der Waals surface area contributed by atoms with E-state index in [2.05, 4.69) is 15.0 Å². The van der Waals surface area contributed by atoms with Crippen molar-refractivity contribution in [1.29, 1.82) is 0 Å². The van der Waals surface area contributed by atoms with E-state index in [1.165, 1.54) is 12.1 Å². The van der Waals surface area contributed by atoms with E-state index < -0.39 is 12.3 Å². The highest BCUT2D eigenvalue weighted by atomic mass is 19.4. The van der Waals surface area contributed by atoms with Crippen LogP contribution in [0, 0.1) is 0 Å². The van der Waals surface area contributed by atoms with Crippen molar-refractivity contribution in [3.63, 3.8) is 0 Å². The number of nitrogens with zero attached hydrogens (tertiary/aromatic N) is 1. The number of ether oxygens (including phenoxy) is 1. The van der Waals surface area contributed by atoms with Crippen molar-refractivity contribution in [3.05, 3.63) is 59.9 Å². The first kappa shape index (κ1) is 15.8. The summed E-state index contributed by atoms with van der Waals surface area (Å²) in [5.41, 5.74) is 0.921. The van der Waals surface area contributed by atoms with Crippen LogP contribution in [0.1, 0.15) is 29.0 Å². The van der Waals surface area contributed by atoms with Crippen molar-refractivity contribution in [3.8, 4) is 5.75 Å². The molecule has 0 saturated heterocycles. The third kappa shape index (κ3) is 4.47. The van der Waals surface area contributed by atoms with E-state index in [0.717, 1.165) is 12.1 Å². The second kappa shape index (κ2) is 6.46. The van der Waals surface area contributed by atoms with Crippen LogP contribution in [-0.4, -0.2) is 17.3 Å². The number of amides is 1. The minimum absolute atomic E-state index is 0.234. The van der Waals surface area contributed by atoms with Crippen molar-refractivity contribution in [2.24, 2.45) is 0 Å². The summed E-state index contributed by atoms with van der Waals surface area (Å²) in [6.45, 7) is 1.77. The second-order valence-corrected chi connectivity index (χ2v) is 4.52. The average molecular weight is 310 g/mol. The van der Waals surface area contributed by atoms with Gasteiger partial charge in [0.25, 0.3) is 5.91 Å². The Morgan fingerprint density at radius 3 is 2.41 bits per heavy atom. The number of nitrogens with one attached hydrogen (secondary N) is 1. The van der Waals surface area contributed by atoms with Crippen molar-refractivity contribution >= 4 is 5.91 Å². The monoisotopic (exact) mass is 310 g/mol. The van der Waals surface area contributed by atoms with Gasteiger partial charge in [0.15, 0.2) is 0 Å². The number of aromatic nitrogens is 1. The lowest BCUT2D eigenvalue weighted by Crippen LogP contribution is -2.27. The molecular weight excluding hydrogens is 297 g/mol. The number of carbonyl (C=O) groups excluding carboxylic acids is 1. The zero-order chi connectivity index (χ0) is 16.2. The van der Waals surface area contributed by atoms with Crippen LogP contribution in [0.5, 0.6) is 5.75 Å². The smallest absolute Gasteiger partial charge is 0.406 e. The van der Waals surface area contributed by atoms with Crippen molar-refractivity contribution in [1.82, 2.24) is 10.3 Å². The van der Waals surface area contributed by atoms with Crippen LogP contribution in [0.15, 0.2) is 48.7 Å². The van der Waals surface area contributed by atoms with Crippen molar-refractivity contribution in [2.45, 2.75) is 19.3 Å². The maximum Gasteiger partial charge on any atom is 0.573 e. The summed E-state index contributed by atoms with van der Waals surface area (Å²) in [4.78, 5) is 16.1. The van der Waals surface area contributed by atoms with E-state index in [1.807, 2.05) is 0 Å². The van der Waals surface area contributed by atoms with E-state index in [9.17, 15) is 18.0 Å². The number of hydrogen-bond donors (Lipinski definition) is 1. The SMILES string of the molecule is C[C@H](NC(=O)c1ccc(OC(F)(F)F)cc1)c1ccccn1. The standard InChI is InChI=1S/C15H13F3N2O2/c1-10(13-4-2-3-9-19-13)20-14(21)11-5-7-12(8-6-11)22-15(16,17)18/h2-10H,1H3,(H,20,21)/t10-/m0/s1. The summed E-state index contributed by atoms with van der Waals surface area (Å²) in [5.74, 6) is -0.779. The van der Waals surface area contributed by atoms with Gasteiger partial charge in [-0.25, -0.2) is 0 Å². The molecule has 1 heterocycles. The van der Waals surface area contributed by atoms with Gasteiger partial charge in [-0.05, 0) is 43.3 Å². The van der Waals surface area contributed by atoms with E-state index in [4.69, 9.17) is 0 Å². The summed E-state index contributed by atoms with van der Waals surface area (Å²) in [6, 6.07) is 9.72. The highest BCUT2D eigenvalue weighted by molar-refractivity contribution is 5.94. The van der Waals surface area contributed by atoms with Gasteiger partial charge in [0.05, 0.1) is 11.7 Å². The van der Waals surface area contributed by atoms with Gasteiger partial charge >= 0.3 is 6.36 Å². The number of alkyl halides is 3. The molecular formula is C15H13F3N2O2. The van der Waals surface area contributed by atoms with Gasteiger partial charge in [-0.15, -0.1) is 13.2 Å². The quantitative estimate of drug-likeness (QED) is 0.940. The Labute approximate surface area is 124 Å². The van der Waals surface area contributed by atoms with Crippen LogP contribution in [-0.2, 0) is 0 Å². The Hall–Kier alpha value is -2.57. The molecule has 0 aliphatic heterocycles. The molecule has 2 rings (SSSR count). The lowest BCUT2D eigenvalue weighted by atomic mass is 10.1.